The molecule has 0 aliphatic carbocycles. The molecule has 3 rings (SSSR count). The van der Waals surface area contributed by atoms with E-state index in [0.717, 1.165) is 11.8 Å². The number of amides is 1. The number of nitro groups is 1. The lowest BCUT2D eigenvalue weighted by Crippen LogP contribution is -2.27. The van der Waals surface area contributed by atoms with Gasteiger partial charge in [-0.25, -0.2) is 0 Å². The van der Waals surface area contributed by atoms with Crippen LogP contribution in [-0.2, 0) is 4.79 Å². The van der Waals surface area contributed by atoms with Gasteiger partial charge >= 0.3 is 0 Å². The Kier molecular flexibility index (Phi) is 4.05. The molecule has 1 saturated heterocycles. The Morgan fingerprint density at radius 2 is 2.13 bits per heavy atom. The molecule has 1 aromatic carbocycles. The summed E-state index contributed by atoms with van der Waals surface area (Å²) in [7, 11) is 0. The third-order valence-corrected chi connectivity index (χ3v) is 4.57. The van der Waals surface area contributed by atoms with Gasteiger partial charge in [-0.2, -0.15) is 0 Å². The highest BCUT2D eigenvalue weighted by Crippen LogP contribution is 2.40. The van der Waals surface area contributed by atoms with Crippen molar-refractivity contribution in [2.45, 2.75) is 0 Å². The molecule has 1 aromatic rings. The first-order chi connectivity index (χ1) is 11.0. The molecule has 0 unspecified atom stereocenters. The van der Waals surface area contributed by atoms with Crippen molar-refractivity contribution in [1.29, 1.82) is 0 Å². The Morgan fingerprint density at radius 3 is 2.78 bits per heavy atom. The van der Waals surface area contributed by atoms with Gasteiger partial charge < -0.3 is 9.47 Å². The quantitative estimate of drug-likeness (QED) is 0.271. The number of thiocarbonyl (C=S) groups is 1. The number of fused-ring (bicyclic) bond motifs is 1. The van der Waals surface area contributed by atoms with Crippen LogP contribution in [0.5, 0.6) is 11.5 Å². The average molecular weight is 350 g/mol. The van der Waals surface area contributed by atoms with Gasteiger partial charge in [-0.1, -0.05) is 30.1 Å². The highest BCUT2D eigenvalue weighted by atomic mass is 32.2. The van der Waals surface area contributed by atoms with Crippen LogP contribution < -0.4 is 9.47 Å². The van der Waals surface area contributed by atoms with E-state index in [4.69, 9.17) is 21.7 Å². The summed E-state index contributed by atoms with van der Waals surface area (Å²) in [5.74, 6) is 0.420. The molecule has 0 spiro atoms. The molecule has 2 heterocycles. The summed E-state index contributed by atoms with van der Waals surface area (Å²) in [5, 5.41) is 11.2. The summed E-state index contributed by atoms with van der Waals surface area (Å²) in [4.78, 5) is 24.7. The minimum absolute atomic E-state index is 0.0113. The fourth-order valence-electron chi connectivity index (χ4n) is 2.15. The maximum atomic E-state index is 12.3. The van der Waals surface area contributed by atoms with Crippen LogP contribution in [0.2, 0.25) is 0 Å². The molecule has 1 fully saturated rings. The van der Waals surface area contributed by atoms with Crippen LogP contribution in [0.1, 0.15) is 5.56 Å². The first-order valence-corrected chi connectivity index (χ1v) is 7.68. The van der Waals surface area contributed by atoms with Crippen molar-refractivity contribution in [2.75, 3.05) is 13.3 Å². The number of hydrogen-bond acceptors (Lipinski definition) is 7. The van der Waals surface area contributed by atoms with Crippen LogP contribution in [0.25, 0.3) is 6.08 Å². The molecule has 0 saturated carbocycles. The lowest BCUT2D eigenvalue weighted by Gasteiger charge is -2.10. The molecule has 7 nitrogen and oxygen atoms in total. The summed E-state index contributed by atoms with van der Waals surface area (Å²) in [6.45, 7) is 3.88. The second-order valence-electron chi connectivity index (χ2n) is 4.60. The summed E-state index contributed by atoms with van der Waals surface area (Å²) >= 11 is 6.24. The molecule has 23 heavy (non-hydrogen) atoms. The van der Waals surface area contributed by atoms with E-state index < -0.39 is 4.92 Å². The zero-order chi connectivity index (χ0) is 16.6. The molecular formula is C14H10N2O5S2. The number of carbonyl (C=O) groups is 1. The number of nitro benzene ring substituents is 1. The minimum Gasteiger partial charge on any atom is -0.454 e. The fourth-order valence-corrected chi connectivity index (χ4v) is 3.41. The van der Waals surface area contributed by atoms with E-state index in [1.807, 2.05) is 0 Å². The minimum atomic E-state index is -0.529. The lowest BCUT2D eigenvalue weighted by molar-refractivity contribution is -0.385. The van der Waals surface area contributed by atoms with Crippen LogP contribution in [0.15, 0.2) is 29.7 Å². The van der Waals surface area contributed by atoms with Crippen LogP contribution >= 0.6 is 24.0 Å². The highest BCUT2D eigenvalue weighted by molar-refractivity contribution is 8.26. The average Bonchev–Trinajstić information content (AvgIpc) is 3.06. The molecule has 9 heteroatoms. The van der Waals surface area contributed by atoms with Gasteiger partial charge in [0.2, 0.25) is 6.79 Å². The number of hydrogen-bond donors (Lipinski definition) is 0. The Morgan fingerprint density at radius 1 is 1.43 bits per heavy atom. The highest BCUT2D eigenvalue weighted by Gasteiger charge is 2.32. The molecule has 0 aromatic heterocycles. The summed E-state index contributed by atoms with van der Waals surface area (Å²) < 4.78 is 10.8. The molecule has 0 radical (unpaired) electrons. The Balaban J connectivity index is 2.02. The van der Waals surface area contributed by atoms with Gasteiger partial charge in [-0.3, -0.25) is 19.8 Å². The molecular weight excluding hydrogens is 340 g/mol. The molecule has 1 amide bonds. The van der Waals surface area contributed by atoms with E-state index in [1.165, 1.54) is 23.1 Å². The van der Waals surface area contributed by atoms with E-state index in [-0.39, 0.29) is 24.0 Å². The third-order valence-electron chi connectivity index (χ3n) is 3.19. The summed E-state index contributed by atoms with van der Waals surface area (Å²) in [6, 6.07) is 2.78. The summed E-state index contributed by atoms with van der Waals surface area (Å²) in [6.07, 6.45) is 3.01. The maximum Gasteiger partial charge on any atom is 0.280 e. The normalized spacial score (nSPS) is 17.9. The molecule has 2 aliphatic heterocycles. The number of carbonyl (C=O) groups excluding carboxylic acids is 1. The first-order valence-electron chi connectivity index (χ1n) is 6.45. The number of benzene rings is 1. The van der Waals surface area contributed by atoms with Gasteiger partial charge in [0.1, 0.15) is 4.32 Å². The van der Waals surface area contributed by atoms with Gasteiger partial charge in [0.25, 0.3) is 11.6 Å². The van der Waals surface area contributed by atoms with Crippen LogP contribution in [0, 0.1) is 10.1 Å². The van der Waals surface area contributed by atoms with E-state index in [0.29, 0.717) is 27.3 Å². The molecule has 0 bridgehead atoms. The zero-order valence-electron chi connectivity index (χ0n) is 11.7. The smallest absolute Gasteiger partial charge is 0.280 e. The third kappa shape index (κ3) is 2.80. The van der Waals surface area contributed by atoms with Crippen molar-refractivity contribution in [1.82, 2.24) is 4.90 Å². The van der Waals surface area contributed by atoms with Crippen molar-refractivity contribution in [3.05, 3.63) is 45.4 Å². The van der Waals surface area contributed by atoms with Gasteiger partial charge in [-0.15, -0.1) is 6.58 Å². The van der Waals surface area contributed by atoms with Crippen LogP contribution in [-0.4, -0.2) is 33.4 Å². The second kappa shape index (κ2) is 6.01. The fraction of sp³-hybridized carbons (Fsp3) is 0.143. The Bertz CT molecular complexity index is 775. The van der Waals surface area contributed by atoms with Gasteiger partial charge in [0.05, 0.1) is 21.5 Å². The van der Waals surface area contributed by atoms with Crippen molar-refractivity contribution >= 4 is 46.0 Å². The predicted molar refractivity (Wildman–Crippen MR) is 89.3 cm³/mol. The van der Waals surface area contributed by atoms with E-state index in [9.17, 15) is 14.9 Å². The van der Waals surface area contributed by atoms with Crippen molar-refractivity contribution in [3.63, 3.8) is 0 Å². The maximum absolute atomic E-state index is 12.3. The number of rotatable bonds is 4. The predicted octanol–water partition coefficient (Wildman–Crippen LogP) is 2.71. The molecule has 118 valence electrons. The van der Waals surface area contributed by atoms with Crippen molar-refractivity contribution < 1.29 is 19.2 Å². The number of ether oxygens (including phenoxy) is 2. The lowest BCUT2D eigenvalue weighted by atomic mass is 10.1. The van der Waals surface area contributed by atoms with Crippen LogP contribution in [0.3, 0.4) is 0 Å². The zero-order valence-corrected chi connectivity index (χ0v) is 13.3. The molecule has 2 aliphatic rings. The summed E-state index contributed by atoms with van der Waals surface area (Å²) in [5.41, 5.74) is 0.0987. The standard InChI is InChI=1S/C14H10N2O5S2/c1-2-3-15-13(17)12(23-14(15)22)5-8-4-10-11(21-7-20-10)6-9(8)16(18)19/h2,4-6H,1,3,7H2/b12-5-. The van der Waals surface area contributed by atoms with E-state index in [2.05, 4.69) is 6.58 Å². The van der Waals surface area contributed by atoms with Crippen LogP contribution in [0.4, 0.5) is 5.69 Å². The van der Waals surface area contributed by atoms with Crippen molar-refractivity contribution in [3.8, 4) is 11.5 Å². The Labute approximate surface area is 140 Å². The topological polar surface area (TPSA) is 81.9 Å². The molecule has 0 atom stereocenters. The largest absolute Gasteiger partial charge is 0.454 e. The van der Waals surface area contributed by atoms with Gasteiger partial charge in [0.15, 0.2) is 11.5 Å². The monoisotopic (exact) mass is 350 g/mol. The van der Waals surface area contributed by atoms with E-state index in [1.54, 1.807) is 6.08 Å². The van der Waals surface area contributed by atoms with E-state index >= 15 is 0 Å². The number of nitrogens with zero attached hydrogens (tertiary/aromatic N) is 2. The number of thioether (sulfide) groups is 1. The molecule has 0 N–H and O–H groups in total. The SMILES string of the molecule is C=CCN1C(=O)/C(=C/c2cc3c(cc2[N+](=O)[O-])OCO3)SC1=S. The van der Waals surface area contributed by atoms with Gasteiger partial charge in [0, 0.05) is 6.54 Å². The van der Waals surface area contributed by atoms with Gasteiger partial charge in [-0.05, 0) is 12.1 Å². The Hall–Kier alpha value is -2.39. The van der Waals surface area contributed by atoms with Crippen molar-refractivity contribution in [2.24, 2.45) is 0 Å². The second-order valence-corrected chi connectivity index (χ2v) is 6.28. The first kappa shape index (κ1) is 15.5.